The Bertz CT molecular complexity index is 127. The Kier molecular flexibility index (Phi) is 4.63. The monoisotopic (exact) mass is 140 g/mol. The molecule has 0 saturated carbocycles. The molecule has 10 heavy (non-hydrogen) atoms. The SMILES string of the molecule is C=CCCN(C)C(C)=NC. The number of hydrogen-bond donors (Lipinski definition) is 0. The first-order chi connectivity index (χ1) is 4.72. The van der Waals surface area contributed by atoms with Crippen molar-refractivity contribution in [2.45, 2.75) is 13.3 Å². The molecule has 0 aromatic rings. The van der Waals surface area contributed by atoms with E-state index in [9.17, 15) is 0 Å². The minimum atomic E-state index is 1.01. The van der Waals surface area contributed by atoms with Crippen LogP contribution < -0.4 is 0 Å². The van der Waals surface area contributed by atoms with Crippen molar-refractivity contribution in [2.75, 3.05) is 20.6 Å². The van der Waals surface area contributed by atoms with E-state index < -0.39 is 0 Å². The highest BCUT2D eigenvalue weighted by atomic mass is 15.1. The lowest BCUT2D eigenvalue weighted by atomic mass is 10.4. The van der Waals surface area contributed by atoms with Gasteiger partial charge >= 0.3 is 0 Å². The summed E-state index contributed by atoms with van der Waals surface area (Å²) < 4.78 is 0. The van der Waals surface area contributed by atoms with Crippen LogP contribution in [0.1, 0.15) is 13.3 Å². The van der Waals surface area contributed by atoms with Gasteiger partial charge in [-0.05, 0) is 13.3 Å². The predicted octanol–water partition coefficient (Wildman–Crippen LogP) is 1.54. The lowest BCUT2D eigenvalue weighted by Gasteiger charge is -2.16. The fraction of sp³-hybridized carbons (Fsp3) is 0.625. The molecule has 0 fully saturated rings. The van der Waals surface area contributed by atoms with Gasteiger partial charge in [-0.2, -0.15) is 0 Å². The highest BCUT2D eigenvalue weighted by molar-refractivity contribution is 5.79. The summed E-state index contributed by atoms with van der Waals surface area (Å²) >= 11 is 0. The van der Waals surface area contributed by atoms with Crippen molar-refractivity contribution in [3.8, 4) is 0 Å². The molecule has 0 radical (unpaired) electrons. The second-order valence-electron chi connectivity index (χ2n) is 2.27. The van der Waals surface area contributed by atoms with E-state index in [0.717, 1.165) is 18.8 Å². The Morgan fingerprint density at radius 1 is 1.70 bits per heavy atom. The standard InChI is InChI=1S/C8H16N2/c1-5-6-7-10(4)8(2)9-3/h5H,1,6-7H2,2-4H3. The number of rotatable bonds is 3. The summed E-state index contributed by atoms with van der Waals surface area (Å²) in [7, 11) is 3.84. The van der Waals surface area contributed by atoms with Crippen LogP contribution in [-0.4, -0.2) is 31.4 Å². The van der Waals surface area contributed by atoms with Gasteiger partial charge in [0.05, 0.1) is 5.84 Å². The van der Waals surface area contributed by atoms with E-state index in [1.165, 1.54) is 0 Å². The topological polar surface area (TPSA) is 15.6 Å². The fourth-order valence-electron chi connectivity index (χ4n) is 0.617. The highest BCUT2D eigenvalue weighted by Crippen LogP contribution is 1.89. The molecule has 0 unspecified atom stereocenters. The van der Waals surface area contributed by atoms with Crippen LogP contribution >= 0.6 is 0 Å². The Morgan fingerprint density at radius 2 is 2.30 bits per heavy atom. The number of amidine groups is 1. The molecule has 0 aliphatic heterocycles. The van der Waals surface area contributed by atoms with Gasteiger partial charge < -0.3 is 4.90 Å². The normalized spacial score (nSPS) is 11.3. The Hall–Kier alpha value is -0.790. The first-order valence-corrected chi connectivity index (χ1v) is 3.47. The van der Waals surface area contributed by atoms with Crippen LogP contribution in [0.3, 0.4) is 0 Å². The molecule has 0 aromatic heterocycles. The van der Waals surface area contributed by atoms with Crippen molar-refractivity contribution in [3.63, 3.8) is 0 Å². The maximum absolute atomic E-state index is 4.05. The van der Waals surface area contributed by atoms with Gasteiger partial charge in [0.15, 0.2) is 0 Å². The molecule has 2 heteroatoms. The van der Waals surface area contributed by atoms with Crippen LogP contribution in [-0.2, 0) is 0 Å². The maximum Gasteiger partial charge on any atom is 0.0951 e. The number of aliphatic imine (C=N–C) groups is 1. The molecule has 0 heterocycles. The van der Waals surface area contributed by atoms with E-state index in [2.05, 4.69) is 16.5 Å². The van der Waals surface area contributed by atoms with Gasteiger partial charge in [0.1, 0.15) is 0 Å². The summed E-state index contributed by atoms with van der Waals surface area (Å²) in [5, 5.41) is 0. The second-order valence-corrected chi connectivity index (χ2v) is 2.27. The zero-order chi connectivity index (χ0) is 7.98. The van der Waals surface area contributed by atoms with E-state index in [0.29, 0.717) is 0 Å². The summed E-state index contributed by atoms with van der Waals surface area (Å²) in [6, 6.07) is 0. The van der Waals surface area contributed by atoms with E-state index in [1.54, 1.807) is 7.05 Å². The first kappa shape index (κ1) is 9.21. The molecule has 0 N–H and O–H groups in total. The van der Waals surface area contributed by atoms with Crippen molar-refractivity contribution in [2.24, 2.45) is 4.99 Å². The molecule has 0 aromatic carbocycles. The zero-order valence-corrected chi connectivity index (χ0v) is 7.09. The van der Waals surface area contributed by atoms with E-state index in [4.69, 9.17) is 0 Å². The number of hydrogen-bond acceptors (Lipinski definition) is 1. The highest BCUT2D eigenvalue weighted by Gasteiger charge is 1.95. The zero-order valence-electron chi connectivity index (χ0n) is 7.09. The fourth-order valence-corrected chi connectivity index (χ4v) is 0.617. The summed E-state index contributed by atoms with van der Waals surface area (Å²) in [6.45, 7) is 6.66. The Labute approximate surface area is 63.3 Å². The van der Waals surface area contributed by atoms with Crippen LogP contribution in [0.5, 0.6) is 0 Å². The molecule has 0 atom stereocenters. The Morgan fingerprint density at radius 3 is 2.70 bits per heavy atom. The van der Waals surface area contributed by atoms with E-state index in [1.807, 2.05) is 20.0 Å². The van der Waals surface area contributed by atoms with Crippen molar-refractivity contribution in [3.05, 3.63) is 12.7 Å². The predicted molar refractivity (Wildman–Crippen MR) is 46.5 cm³/mol. The van der Waals surface area contributed by atoms with Gasteiger partial charge in [0, 0.05) is 20.6 Å². The summed E-state index contributed by atoms with van der Waals surface area (Å²) in [4.78, 5) is 6.16. The van der Waals surface area contributed by atoms with Crippen molar-refractivity contribution < 1.29 is 0 Å². The number of nitrogens with zero attached hydrogens (tertiary/aromatic N) is 2. The van der Waals surface area contributed by atoms with Gasteiger partial charge in [-0.1, -0.05) is 6.08 Å². The molecule has 2 nitrogen and oxygen atoms in total. The maximum atomic E-state index is 4.05. The molecule has 0 rings (SSSR count). The van der Waals surface area contributed by atoms with Crippen molar-refractivity contribution in [1.82, 2.24) is 4.90 Å². The molecule has 0 spiro atoms. The molecular formula is C8H16N2. The van der Waals surface area contributed by atoms with Crippen LogP contribution in [0.25, 0.3) is 0 Å². The van der Waals surface area contributed by atoms with Crippen LogP contribution in [0.2, 0.25) is 0 Å². The second kappa shape index (κ2) is 5.03. The van der Waals surface area contributed by atoms with Crippen LogP contribution in [0, 0.1) is 0 Å². The molecule has 0 amide bonds. The Balaban J connectivity index is 3.61. The summed E-state index contributed by atoms with van der Waals surface area (Å²) in [5.74, 6) is 1.07. The van der Waals surface area contributed by atoms with E-state index in [-0.39, 0.29) is 0 Å². The lowest BCUT2D eigenvalue weighted by molar-refractivity contribution is 0.509. The molecule has 58 valence electrons. The van der Waals surface area contributed by atoms with Gasteiger partial charge in [0.25, 0.3) is 0 Å². The molecule has 0 saturated heterocycles. The van der Waals surface area contributed by atoms with Crippen LogP contribution in [0.4, 0.5) is 0 Å². The van der Waals surface area contributed by atoms with Gasteiger partial charge in [-0.3, -0.25) is 4.99 Å². The molecule has 0 bridgehead atoms. The summed E-state index contributed by atoms with van der Waals surface area (Å²) in [5.41, 5.74) is 0. The molecule has 0 aliphatic carbocycles. The molecule has 0 aliphatic rings. The minimum Gasteiger partial charge on any atom is -0.363 e. The largest absolute Gasteiger partial charge is 0.363 e. The quantitative estimate of drug-likeness (QED) is 0.330. The third-order valence-electron chi connectivity index (χ3n) is 1.54. The minimum absolute atomic E-state index is 1.01. The van der Waals surface area contributed by atoms with Crippen LogP contribution in [0.15, 0.2) is 17.6 Å². The van der Waals surface area contributed by atoms with E-state index >= 15 is 0 Å². The van der Waals surface area contributed by atoms with Crippen molar-refractivity contribution >= 4 is 5.84 Å². The average Bonchev–Trinajstić information content (AvgIpc) is 1.98. The van der Waals surface area contributed by atoms with Gasteiger partial charge in [-0.15, -0.1) is 6.58 Å². The van der Waals surface area contributed by atoms with Gasteiger partial charge in [-0.25, -0.2) is 0 Å². The third-order valence-corrected chi connectivity index (χ3v) is 1.54. The van der Waals surface area contributed by atoms with Gasteiger partial charge in [0.2, 0.25) is 0 Å². The third kappa shape index (κ3) is 3.28. The average molecular weight is 140 g/mol. The summed E-state index contributed by atoms with van der Waals surface area (Å²) in [6.07, 6.45) is 2.93. The smallest absolute Gasteiger partial charge is 0.0951 e. The molecular weight excluding hydrogens is 124 g/mol. The lowest BCUT2D eigenvalue weighted by Crippen LogP contribution is -2.24. The van der Waals surface area contributed by atoms with Crippen molar-refractivity contribution in [1.29, 1.82) is 0 Å². The first-order valence-electron chi connectivity index (χ1n) is 3.47.